The lowest BCUT2D eigenvalue weighted by molar-refractivity contribution is 0.0513. The van der Waals surface area contributed by atoms with Crippen molar-refractivity contribution in [3.8, 4) is 0 Å². The number of ether oxygens (including phenoxy) is 2. The fraction of sp³-hybridized carbons (Fsp3) is 0.632. The van der Waals surface area contributed by atoms with Gasteiger partial charge < -0.3 is 20.1 Å². The topological polar surface area (TPSA) is 54.9 Å². The zero-order chi connectivity index (χ0) is 18.0. The van der Waals surface area contributed by atoms with Crippen LogP contribution in [0.1, 0.15) is 31.7 Å². The second-order valence-electron chi connectivity index (χ2n) is 6.30. The Bertz CT molecular complexity index is 528. The van der Waals surface area contributed by atoms with Gasteiger partial charge in [-0.05, 0) is 43.9 Å². The van der Waals surface area contributed by atoms with E-state index in [1.165, 1.54) is 12.1 Å². The molecule has 1 saturated heterocycles. The van der Waals surface area contributed by atoms with Gasteiger partial charge in [0.2, 0.25) is 0 Å². The summed E-state index contributed by atoms with van der Waals surface area (Å²) in [5.74, 6) is 0.579. The molecule has 0 saturated carbocycles. The Morgan fingerprint density at radius 1 is 1.24 bits per heavy atom. The molecule has 25 heavy (non-hydrogen) atoms. The Labute approximate surface area is 150 Å². The molecule has 1 fully saturated rings. The summed E-state index contributed by atoms with van der Waals surface area (Å²) < 4.78 is 24.2. The normalized spacial score (nSPS) is 17.3. The standard InChI is InChI=1S/C19H30FN3O2/c1-3-24-12-4-11-22-18(21-2)23-15-19(9-13-25-14-10-19)16-5-7-17(20)8-6-16/h5-8H,3-4,9-15H2,1-2H3,(H2,21,22,23). The van der Waals surface area contributed by atoms with Crippen LogP contribution in [0.4, 0.5) is 4.39 Å². The molecule has 0 amide bonds. The van der Waals surface area contributed by atoms with Gasteiger partial charge in [0.25, 0.3) is 0 Å². The number of hydrogen-bond acceptors (Lipinski definition) is 3. The van der Waals surface area contributed by atoms with E-state index in [0.717, 1.165) is 70.3 Å². The quantitative estimate of drug-likeness (QED) is 0.429. The summed E-state index contributed by atoms with van der Waals surface area (Å²) in [5, 5.41) is 6.75. The van der Waals surface area contributed by atoms with Gasteiger partial charge in [-0.3, -0.25) is 4.99 Å². The van der Waals surface area contributed by atoms with Crippen molar-refractivity contribution in [1.29, 1.82) is 0 Å². The van der Waals surface area contributed by atoms with Crippen molar-refractivity contribution < 1.29 is 13.9 Å². The Balaban J connectivity index is 1.94. The maximum atomic E-state index is 13.3. The maximum absolute atomic E-state index is 13.3. The number of nitrogens with one attached hydrogen (secondary N) is 2. The molecule has 0 bridgehead atoms. The lowest BCUT2D eigenvalue weighted by Gasteiger charge is -2.38. The third-order valence-corrected chi connectivity index (χ3v) is 4.69. The molecule has 1 aromatic rings. The molecular weight excluding hydrogens is 321 g/mol. The summed E-state index contributed by atoms with van der Waals surface area (Å²) in [6.07, 6.45) is 2.76. The molecular formula is C19H30FN3O2. The van der Waals surface area contributed by atoms with E-state index in [1.807, 2.05) is 19.1 Å². The van der Waals surface area contributed by atoms with Crippen molar-refractivity contribution in [3.05, 3.63) is 35.6 Å². The van der Waals surface area contributed by atoms with Gasteiger partial charge in [-0.15, -0.1) is 0 Å². The van der Waals surface area contributed by atoms with E-state index >= 15 is 0 Å². The average molecular weight is 351 g/mol. The molecule has 0 atom stereocenters. The van der Waals surface area contributed by atoms with Crippen molar-refractivity contribution in [2.75, 3.05) is 46.6 Å². The predicted molar refractivity (Wildman–Crippen MR) is 98.6 cm³/mol. The molecule has 0 aromatic heterocycles. The van der Waals surface area contributed by atoms with Crippen molar-refractivity contribution in [2.24, 2.45) is 4.99 Å². The van der Waals surface area contributed by atoms with Gasteiger partial charge in [-0.1, -0.05) is 12.1 Å². The monoisotopic (exact) mass is 351 g/mol. The molecule has 2 rings (SSSR count). The highest BCUT2D eigenvalue weighted by Crippen LogP contribution is 2.34. The fourth-order valence-electron chi connectivity index (χ4n) is 3.13. The second-order valence-corrected chi connectivity index (χ2v) is 6.30. The number of halogens is 1. The summed E-state index contributed by atoms with van der Waals surface area (Å²) in [6, 6.07) is 6.85. The molecule has 140 valence electrons. The number of nitrogens with zero attached hydrogens (tertiary/aromatic N) is 1. The van der Waals surface area contributed by atoms with Gasteiger partial charge in [0.15, 0.2) is 5.96 Å². The first-order valence-electron chi connectivity index (χ1n) is 9.06. The van der Waals surface area contributed by atoms with Crippen LogP contribution in [-0.4, -0.2) is 52.5 Å². The van der Waals surface area contributed by atoms with Crippen LogP contribution in [0.25, 0.3) is 0 Å². The zero-order valence-corrected chi connectivity index (χ0v) is 15.3. The molecule has 0 unspecified atom stereocenters. The van der Waals surface area contributed by atoms with Crippen LogP contribution in [-0.2, 0) is 14.9 Å². The van der Waals surface area contributed by atoms with Gasteiger partial charge in [-0.2, -0.15) is 0 Å². The fourth-order valence-corrected chi connectivity index (χ4v) is 3.13. The first-order valence-corrected chi connectivity index (χ1v) is 9.06. The van der Waals surface area contributed by atoms with E-state index < -0.39 is 0 Å². The van der Waals surface area contributed by atoms with E-state index in [1.54, 1.807) is 7.05 Å². The minimum absolute atomic E-state index is 0.0606. The average Bonchev–Trinajstić information content (AvgIpc) is 2.65. The Hall–Kier alpha value is -1.66. The van der Waals surface area contributed by atoms with Crippen LogP contribution in [0.15, 0.2) is 29.3 Å². The summed E-state index contributed by atoms with van der Waals surface area (Å²) >= 11 is 0. The number of aliphatic imine (C=N–C) groups is 1. The third-order valence-electron chi connectivity index (χ3n) is 4.69. The lowest BCUT2D eigenvalue weighted by Crippen LogP contribution is -2.48. The second kappa shape index (κ2) is 10.4. The van der Waals surface area contributed by atoms with Gasteiger partial charge in [-0.25, -0.2) is 4.39 Å². The van der Waals surface area contributed by atoms with E-state index in [9.17, 15) is 4.39 Å². The first kappa shape index (κ1) is 19.7. The number of rotatable bonds is 8. The van der Waals surface area contributed by atoms with Crippen LogP contribution >= 0.6 is 0 Å². The predicted octanol–water partition coefficient (Wildman–Crippen LogP) is 2.47. The molecule has 6 heteroatoms. The van der Waals surface area contributed by atoms with Crippen LogP contribution < -0.4 is 10.6 Å². The van der Waals surface area contributed by atoms with E-state index in [-0.39, 0.29) is 11.2 Å². The minimum atomic E-state index is -0.203. The lowest BCUT2D eigenvalue weighted by atomic mass is 9.74. The van der Waals surface area contributed by atoms with Crippen molar-refractivity contribution >= 4 is 5.96 Å². The van der Waals surface area contributed by atoms with Crippen molar-refractivity contribution in [3.63, 3.8) is 0 Å². The highest BCUT2D eigenvalue weighted by Gasteiger charge is 2.34. The molecule has 0 radical (unpaired) electrons. The molecule has 2 N–H and O–H groups in total. The summed E-state index contributed by atoms with van der Waals surface area (Å²) in [7, 11) is 1.77. The van der Waals surface area contributed by atoms with Crippen LogP contribution in [0.3, 0.4) is 0 Å². The number of benzene rings is 1. The highest BCUT2D eigenvalue weighted by molar-refractivity contribution is 5.79. The van der Waals surface area contributed by atoms with E-state index in [4.69, 9.17) is 9.47 Å². The van der Waals surface area contributed by atoms with E-state index in [0.29, 0.717) is 0 Å². The highest BCUT2D eigenvalue weighted by atomic mass is 19.1. The zero-order valence-electron chi connectivity index (χ0n) is 15.3. The van der Waals surface area contributed by atoms with Gasteiger partial charge in [0.1, 0.15) is 5.82 Å². The SMILES string of the molecule is CCOCCCNC(=NC)NCC1(c2ccc(F)cc2)CCOCC1. The molecule has 5 nitrogen and oxygen atoms in total. The Morgan fingerprint density at radius 3 is 2.60 bits per heavy atom. The van der Waals surface area contributed by atoms with Crippen LogP contribution in [0, 0.1) is 5.82 Å². The van der Waals surface area contributed by atoms with Crippen LogP contribution in [0.2, 0.25) is 0 Å². The molecule has 0 aliphatic carbocycles. The van der Waals surface area contributed by atoms with Gasteiger partial charge in [0.05, 0.1) is 0 Å². The maximum Gasteiger partial charge on any atom is 0.191 e. The van der Waals surface area contributed by atoms with Crippen LogP contribution in [0.5, 0.6) is 0 Å². The van der Waals surface area contributed by atoms with E-state index in [2.05, 4.69) is 15.6 Å². The molecule has 1 aromatic carbocycles. The number of guanidine groups is 1. The largest absolute Gasteiger partial charge is 0.382 e. The van der Waals surface area contributed by atoms with Gasteiger partial charge >= 0.3 is 0 Å². The van der Waals surface area contributed by atoms with Gasteiger partial charge in [0, 0.05) is 52.0 Å². The summed E-state index contributed by atoms with van der Waals surface area (Å²) in [6.45, 7) is 6.49. The smallest absolute Gasteiger partial charge is 0.191 e. The molecule has 1 aliphatic heterocycles. The van der Waals surface area contributed by atoms with Crippen molar-refractivity contribution in [2.45, 2.75) is 31.6 Å². The molecule has 1 heterocycles. The first-order chi connectivity index (χ1) is 12.2. The molecule has 1 aliphatic rings. The Kier molecular flexibility index (Phi) is 8.15. The summed E-state index contributed by atoms with van der Waals surface area (Å²) in [4.78, 5) is 4.29. The summed E-state index contributed by atoms with van der Waals surface area (Å²) in [5.41, 5.74) is 1.09. The van der Waals surface area contributed by atoms with Crippen molar-refractivity contribution in [1.82, 2.24) is 10.6 Å². The third kappa shape index (κ3) is 5.97. The molecule has 0 spiro atoms. The minimum Gasteiger partial charge on any atom is -0.382 e. The number of hydrogen-bond donors (Lipinski definition) is 2. The Morgan fingerprint density at radius 2 is 1.96 bits per heavy atom.